The van der Waals surface area contributed by atoms with Gasteiger partial charge in [-0.05, 0) is 5.56 Å². The van der Waals surface area contributed by atoms with Crippen LogP contribution in [0.2, 0.25) is 0 Å². The fourth-order valence-corrected chi connectivity index (χ4v) is 4.70. The van der Waals surface area contributed by atoms with Gasteiger partial charge in [0, 0.05) is 62.5 Å². The van der Waals surface area contributed by atoms with Crippen LogP contribution in [0.3, 0.4) is 0 Å². The van der Waals surface area contributed by atoms with E-state index in [0.29, 0.717) is 32.2 Å². The van der Waals surface area contributed by atoms with Gasteiger partial charge in [0.1, 0.15) is 0 Å². The fourth-order valence-electron chi connectivity index (χ4n) is 2.83. The second-order valence-electron chi connectivity index (χ2n) is 6.95. The van der Waals surface area contributed by atoms with Crippen LogP contribution in [-0.4, -0.2) is 90.2 Å². The van der Waals surface area contributed by atoms with Gasteiger partial charge in [0.2, 0.25) is 0 Å². The minimum atomic E-state index is -4.70. The van der Waals surface area contributed by atoms with Crippen LogP contribution in [0.25, 0.3) is 0 Å². The summed E-state index contributed by atoms with van der Waals surface area (Å²) < 4.78 is 98.8. The number of nitro groups is 1. The Morgan fingerprint density at radius 1 is 1.06 bits per heavy atom. The summed E-state index contributed by atoms with van der Waals surface area (Å²) in [5.74, 6) is -0.722. The van der Waals surface area contributed by atoms with E-state index < -0.39 is 48.3 Å². The zero-order valence-electron chi connectivity index (χ0n) is 18.1. The number of hydrogen-bond donors (Lipinski definition) is 1. The van der Waals surface area contributed by atoms with Crippen molar-refractivity contribution in [1.82, 2.24) is 9.80 Å². The Bertz CT molecular complexity index is 1020. The maximum Gasteiger partial charge on any atom is 1.00 e. The molecule has 1 N–H and O–H groups in total. The van der Waals surface area contributed by atoms with E-state index >= 15 is 0 Å². The molecule has 0 saturated carbocycles. The smallest absolute Gasteiger partial charge is 0.748 e. The number of nitrogens with zero attached hydrogens (tertiary/aromatic N) is 3. The molecule has 1 saturated heterocycles. The van der Waals surface area contributed by atoms with Gasteiger partial charge in [-0.15, -0.1) is 0 Å². The van der Waals surface area contributed by atoms with E-state index in [9.17, 15) is 44.7 Å². The number of piperazine rings is 1. The summed E-state index contributed by atoms with van der Waals surface area (Å²) >= 11 is 2.81. The third-order valence-corrected chi connectivity index (χ3v) is 6.79. The van der Waals surface area contributed by atoms with Crippen molar-refractivity contribution in [2.24, 2.45) is 0 Å². The summed E-state index contributed by atoms with van der Waals surface area (Å²) in [5.41, 5.74) is -1.69. The number of alkyl halides is 4. The first-order valence-electron chi connectivity index (χ1n) is 9.26. The number of hydrogen-bond acceptors (Lipinski definition) is 9. The van der Waals surface area contributed by atoms with Crippen molar-refractivity contribution < 1.29 is 73.6 Å². The molecule has 1 fully saturated rings. The predicted octanol–water partition coefficient (Wildman–Crippen LogP) is -1.45. The van der Waals surface area contributed by atoms with Gasteiger partial charge in [-0.25, -0.2) is 8.42 Å². The Hall–Kier alpha value is -0.370. The summed E-state index contributed by atoms with van der Waals surface area (Å²) in [4.78, 5) is 13.4. The van der Waals surface area contributed by atoms with Crippen molar-refractivity contribution >= 4 is 41.9 Å². The SMILES string of the molecule is O=S(=O)([O-])CCBr.O=[N+]([O-])c1ccc(CN2CCN(CCS(=O)(=O)O)CC2)c(C(F)(F)F)c1.[Na+]. The van der Waals surface area contributed by atoms with Crippen LogP contribution in [0.4, 0.5) is 18.9 Å². The van der Waals surface area contributed by atoms with E-state index in [2.05, 4.69) is 15.9 Å². The first-order chi connectivity index (χ1) is 15.0. The zero-order valence-corrected chi connectivity index (χ0v) is 23.3. The van der Waals surface area contributed by atoms with Crippen LogP contribution in [0.5, 0.6) is 0 Å². The van der Waals surface area contributed by atoms with E-state index in [1.807, 2.05) is 0 Å². The van der Waals surface area contributed by atoms with Gasteiger partial charge in [0.15, 0.2) is 0 Å². The summed E-state index contributed by atoms with van der Waals surface area (Å²) in [7, 11) is -8.03. The monoisotopic (exact) mass is 607 g/mol. The number of benzene rings is 1. The average Bonchev–Trinajstić information content (AvgIpc) is 2.65. The molecule has 18 heteroatoms. The molecule has 0 bridgehead atoms. The molecule has 2 rings (SSSR count). The van der Waals surface area contributed by atoms with Crippen molar-refractivity contribution in [3.63, 3.8) is 0 Å². The Kier molecular flexibility index (Phi) is 14.2. The normalized spacial score (nSPS) is 15.7. The average molecular weight is 608 g/mol. The first kappa shape index (κ1) is 33.6. The molecule has 1 heterocycles. The van der Waals surface area contributed by atoms with Gasteiger partial charge < -0.3 is 4.55 Å². The van der Waals surface area contributed by atoms with Crippen molar-refractivity contribution in [3.05, 3.63) is 39.4 Å². The van der Waals surface area contributed by atoms with Crippen LogP contribution < -0.4 is 29.6 Å². The van der Waals surface area contributed by atoms with Crippen molar-refractivity contribution in [2.75, 3.05) is 49.6 Å². The zero-order chi connectivity index (χ0) is 25.4. The van der Waals surface area contributed by atoms with Gasteiger partial charge in [-0.2, -0.15) is 21.6 Å². The Morgan fingerprint density at radius 3 is 1.97 bits per heavy atom. The van der Waals surface area contributed by atoms with Crippen LogP contribution in [0, 0.1) is 10.1 Å². The van der Waals surface area contributed by atoms with Gasteiger partial charge >= 0.3 is 35.7 Å². The molecule has 0 aliphatic carbocycles. The summed E-state index contributed by atoms with van der Waals surface area (Å²) in [5, 5.41) is 10.9. The first-order valence-corrected chi connectivity index (χ1v) is 13.6. The maximum absolute atomic E-state index is 13.2. The van der Waals surface area contributed by atoms with Gasteiger partial charge in [-0.1, -0.05) is 22.0 Å². The third kappa shape index (κ3) is 13.6. The molecule has 1 aromatic rings. The molecule has 0 aromatic heterocycles. The van der Waals surface area contributed by atoms with E-state index in [-0.39, 0.29) is 59.3 Å². The molecule has 11 nitrogen and oxygen atoms in total. The molecule has 34 heavy (non-hydrogen) atoms. The second kappa shape index (κ2) is 14.4. The molecular formula is C16H22BrF3N3NaO8S2. The second-order valence-corrected chi connectivity index (χ2v) is 10.8. The van der Waals surface area contributed by atoms with E-state index in [1.54, 1.807) is 9.80 Å². The standard InChI is InChI=1S/C14H18F3N3O5S.C2H5BrO3S.Na/c15-14(16,17)13-9-12(20(21)22)2-1-11(13)10-19-5-3-18(4-6-19)7-8-26(23,24)25;3-1-2-7(4,5)6;/h1-2,9H,3-8,10H2,(H,23,24,25);1-2H2,(H,4,5,6);/q;;+1/p-1. The Morgan fingerprint density at radius 2 is 1.59 bits per heavy atom. The van der Waals surface area contributed by atoms with E-state index in [4.69, 9.17) is 4.55 Å². The molecule has 0 unspecified atom stereocenters. The van der Waals surface area contributed by atoms with Gasteiger partial charge in [0.25, 0.3) is 15.8 Å². The molecule has 0 amide bonds. The Balaban J connectivity index is 0.00000119. The van der Waals surface area contributed by atoms with Crippen molar-refractivity contribution in [3.8, 4) is 0 Å². The fraction of sp³-hybridized carbons (Fsp3) is 0.625. The van der Waals surface area contributed by atoms with Gasteiger partial charge in [0.05, 0.1) is 26.4 Å². The predicted molar refractivity (Wildman–Crippen MR) is 115 cm³/mol. The molecule has 0 radical (unpaired) electrons. The minimum Gasteiger partial charge on any atom is -0.748 e. The topological polar surface area (TPSA) is 161 Å². The van der Waals surface area contributed by atoms with Crippen molar-refractivity contribution in [2.45, 2.75) is 12.7 Å². The van der Waals surface area contributed by atoms with E-state index in [1.165, 1.54) is 0 Å². The third-order valence-electron chi connectivity index (χ3n) is 4.46. The maximum atomic E-state index is 13.2. The number of nitro benzene ring substituents is 1. The van der Waals surface area contributed by atoms with Crippen molar-refractivity contribution in [1.29, 1.82) is 0 Å². The van der Waals surface area contributed by atoms with Crippen LogP contribution >= 0.6 is 15.9 Å². The number of halogens is 4. The quantitative estimate of drug-likeness (QED) is 0.122. The summed E-state index contributed by atoms with van der Waals surface area (Å²) in [6, 6.07) is 2.70. The summed E-state index contributed by atoms with van der Waals surface area (Å²) in [6.07, 6.45) is -4.70. The van der Waals surface area contributed by atoms with Crippen LogP contribution in [0.15, 0.2) is 18.2 Å². The summed E-state index contributed by atoms with van der Waals surface area (Å²) in [6.45, 7) is 1.87. The molecule has 1 aliphatic rings. The van der Waals surface area contributed by atoms with Crippen LogP contribution in [-0.2, 0) is 33.0 Å². The van der Waals surface area contributed by atoms with E-state index in [0.717, 1.165) is 12.1 Å². The minimum absolute atomic E-state index is 0. The molecule has 1 aromatic carbocycles. The van der Waals surface area contributed by atoms with Gasteiger partial charge in [-0.3, -0.25) is 24.5 Å². The number of non-ortho nitro benzene ring substituents is 1. The molecular weight excluding hydrogens is 586 g/mol. The molecule has 1 aliphatic heterocycles. The number of rotatable bonds is 8. The molecule has 0 spiro atoms. The molecule has 190 valence electrons. The molecule has 0 atom stereocenters. The largest absolute Gasteiger partial charge is 1.00 e. The Labute approximate surface area is 225 Å². The van der Waals surface area contributed by atoms with Crippen LogP contribution in [0.1, 0.15) is 11.1 Å².